The first-order valence-electron chi connectivity index (χ1n) is 12.1. The number of carbonyl (C=O) groups excluding carboxylic acids is 1. The molecule has 0 spiro atoms. The molecule has 178 valence electrons. The highest BCUT2D eigenvalue weighted by atomic mass is 16.5. The van der Waals surface area contributed by atoms with Crippen LogP contribution in [0.15, 0.2) is 47.5 Å². The number of rotatable bonds is 5. The molecule has 3 heterocycles. The van der Waals surface area contributed by atoms with Crippen LogP contribution in [0, 0.1) is 24.2 Å². The summed E-state index contributed by atoms with van der Waals surface area (Å²) in [5, 5.41) is 16.2. The zero-order valence-electron chi connectivity index (χ0n) is 19.8. The highest BCUT2D eigenvalue weighted by Gasteiger charge is 2.25. The molecule has 0 bridgehead atoms. The molecule has 2 aliphatic heterocycles. The van der Waals surface area contributed by atoms with E-state index in [0.717, 1.165) is 37.0 Å². The van der Waals surface area contributed by atoms with Gasteiger partial charge in [0.25, 0.3) is 11.9 Å². The van der Waals surface area contributed by atoms with E-state index in [4.69, 9.17) is 10.00 Å². The molecular formula is C27H28N6O2. The summed E-state index contributed by atoms with van der Waals surface area (Å²) in [7, 11) is 0. The number of amides is 1. The number of aromatic amines is 1. The second-order valence-corrected chi connectivity index (χ2v) is 9.22. The lowest BCUT2D eigenvalue weighted by molar-refractivity contribution is 0.0713. The Morgan fingerprint density at radius 3 is 2.71 bits per heavy atom. The first-order valence-corrected chi connectivity index (χ1v) is 12.1. The Bertz CT molecular complexity index is 1260. The number of nitrogens with zero attached hydrogens (tertiary/aromatic N) is 5. The summed E-state index contributed by atoms with van der Waals surface area (Å²) in [5.41, 5.74) is 4.41. The minimum absolute atomic E-state index is 0.0310. The van der Waals surface area contributed by atoms with Crippen molar-refractivity contribution in [2.24, 2.45) is 10.9 Å². The quantitative estimate of drug-likeness (QED) is 0.558. The molecule has 1 atom stereocenters. The lowest BCUT2D eigenvalue weighted by Crippen LogP contribution is -2.37. The number of aliphatic imine (C=N–C) groups is 1. The number of nitrogens with one attached hydrogen (secondary N) is 1. The number of benzene rings is 2. The maximum Gasteiger partial charge on any atom is 0.268 e. The van der Waals surface area contributed by atoms with Gasteiger partial charge in [0.15, 0.2) is 5.82 Å². The topological polar surface area (TPSA) is 107 Å². The third-order valence-electron chi connectivity index (χ3n) is 6.87. The van der Waals surface area contributed by atoms with Crippen LogP contribution in [0.4, 0.5) is 5.95 Å². The van der Waals surface area contributed by atoms with Crippen molar-refractivity contribution >= 4 is 18.1 Å². The fraction of sp³-hybridized carbons (Fsp3) is 0.370. The summed E-state index contributed by atoms with van der Waals surface area (Å²) in [6.07, 6.45) is 4.64. The smallest absolute Gasteiger partial charge is 0.268 e. The van der Waals surface area contributed by atoms with Gasteiger partial charge < -0.3 is 9.64 Å². The Balaban J connectivity index is 1.25. The number of likely N-dealkylation sites (tertiary alicyclic amines) is 1. The van der Waals surface area contributed by atoms with Crippen molar-refractivity contribution in [3.63, 3.8) is 0 Å². The van der Waals surface area contributed by atoms with E-state index in [-0.39, 0.29) is 5.91 Å². The molecule has 5 rings (SSSR count). The largest absolute Gasteiger partial charge is 0.381 e. The number of aromatic nitrogens is 3. The van der Waals surface area contributed by atoms with Crippen LogP contribution in [0.2, 0.25) is 0 Å². The monoisotopic (exact) mass is 468 g/mol. The van der Waals surface area contributed by atoms with Crippen molar-refractivity contribution in [3.8, 4) is 17.5 Å². The Labute approximate surface area is 204 Å². The van der Waals surface area contributed by atoms with Crippen molar-refractivity contribution in [2.75, 3.05) is 26.3 Å². The van der Waals surface area contributed by atoms with Crippen LogP contribution in [-0.4, -0.2) is 58.5 Å². The maximum atomic E-state index is 13.3. The number of nitriles is 1. The van der Waals surface area contributed by atoms with E-state index in [1.807, 2.05) is 60.5 Å². The number of carbonyl (C=O) groups is 1. The molecule has 0 aliphatic carbocycles. The summed E-state index contributed by atoms with van der Waals surface area (Å²) < 4.78 is 5.37. The van der Waals surface area contributed by atoms with Gasteiger partial charge in [0, 0.05) is 43.0 Å². The molecule has 8 heteroatoms. The van der Waals surface area contributed by atoms with Gasteiger partial charge in [0.05, 0.1) is 18.2 Å². The highest BCUT2D eigenvalue weighted by Crippen LogP contribution is 2.30. The Kier molecular flexibility index (Phi) is 6.68. The molecule has 1 unspecified atom stereocenters. The van der Waals surface area contributed by atoms with Gasteiger partial charge in [-0.2, -0.15) is 10.2 Å². The fourth-order valence-corrected chi connectivity index (χ4v) is 4.71. The molecule has 1 aromatic heterocycles. The van der Waals surface area contributed by atoms with Crippen LogP contribution in [0.5, 0.6) is 0 Å². The second kappa shape index (κ2) is 10.2. The molecule has 0 radical (unpaired) electrons. The van der Waals surface area contributed by atoms with E-state index in [1.165, 1.54) is 5.56 Å². The predicted octanol–water partition coefficient (Wildman–Crippen LogP) is 4.41. The van der Waals surface area contributed by atoms with Crippen LogP contribution < -0.4 is 0 Å². The molecule has 1 N–H and O–H groups in total. The van der Waals surface area contributed by atoms with E-state index >= 15 is 0 Å². The molecule has 2 aromatic carbocycles. The molecular weight excluding hydrogens is 440 g/mol. The standard InChI is InChI=1S/C27H28N6O2/c1-18-2-5-23(14-24(18)25-30-27(32-31-25)29-16-20-10-13-35-17-20)26(34)33-11-8-22(9-12-33)21-6-3-19(15-28)4-7-21/h2-7,14,16,20,22H,8-13,17H2,1H3,(H,30,31,32)/b29-16+. The van der Waals surface area contributed by atoms with Crippen LogP contribution in [0.3, 0.4) is 0 Å². The maximum absolute atomic E-state index is 13.3. The summed E-state index contributed by atoms with van der Waals surface area (Å²) in [5.74, 6) is 1.73. The van der Waals surface area contributed by atoms with Gasteiger partial charge in [-0.15, -0.1) is 5.10 Å². The van der Waals surface area contributed by atoms with Gasteiger partial charge in [-0.3, -0.25) is 9.89 Å². The van der Waals surface area contributed by atoms with E-state index in [1.54, 1.807) is 0 Å². The SMILES string of the molecule is Cc1ccc(C(=O)N2CCC(c3ccc(C#N)cc3)CC2)cc1-c1nc(/N=C/C2CCOC2)n[nH]1. The number of H-pyrrole nitrogens is 1. The van der Waals surface area contributed by atoms with Gasteiger partial charge in [-0.1, -0.05) is 18.2 Å². The minimum Gasteiger partial charge on any atom is -0.381 e. The lowest BCUT2D eigenvalue weighted by atomic mass is 9.89. The first-order chi connectivity index (χ1) is 17.1. The van der Waals surface area contributed by atoms with E-state index < -0.39 is 0 Å². The molecule has 2 saturated heterocycles. The average Bonchev–Trinajstić information content (AvgIpc) is 3.60. The normalized spacial score (nSPS) is 18.7. The molecule has 2 aliphatic rings. The van der Waals surface area contributed by atoms with E-state index in [0.29, 0.717) is 54.4 Å². The third kappa shape index (κ3) is 5.15. The summed E-state index contributed by atoms with van der Waals surface area (Å²) in [4.78, 5) is 24.1. The molecule has 35 heavy (non-hydrogen) atoms. The lowest BCUT2D eigenvalue weighted by Gasteiger charge is -2.32. The van der Waals surface area contributed by atoms with Crippen LogP contribution >= 0.6 is 0 Å². The summed E-state index contributed by atoms with van der Waals surface area (Å²) >= 11 is 0. The Hall–Kier alpha value is -3.83. The molecule has 8 nitrogen and oxygen atoms in total. The molecule has 1 amide bonds. The van der Waals surface area contributed by atoms with Crippen molar-refractivity contribution in [3.05, 3.63) is 64.7 Å². The van der Waals surface area contributed by atoms with Crippen LogP contribution in [0.25, 0.3) is 11.4 Å². The number of ether oxygens (including phenoxy) is 1. The summed E-state index contributed by atoms with van der Waals surface area (Å²) in [6.45, 7) is 4.86. The van der Waals surface area contributed by atoms with Gasteiger partial charge in [0.2, 0.25) is 0 Å². The molecule has 2 fully saturated rings. The molecule has 3 aromatic rings. The van der Waals surface area contributed by atoms with E-state index in [2.05, 4.69) is 26.2 Å². The van der Waals surface area contributed by atoms with Crippen molar-refractivity contribution in [2.45, 2.75) is 32.1 Å². The number of hydrogen-bond acceptors (Lipinski definition) is 6. The van der Waals surface area contributed by atoms with Crippen molar-refractivity contribution in [1.29, 1.82) is 5.26 Å². The van der Waals surface area contributed by atoms with Crippen LogP contribution in [-0.2, 0) is 4.74 Å². The fourth-order valence-electron chi connectivity index (χ4n) is 4.71. The van der Waals surface area contributed by atoms with Crippen LogP contribution in [0.1, 0.15) is 52.2 Å². The highest BCUT2D eigenvalue weighted by molar-refractivity contribution is 5.95. The third-order valence-corrected chi connectivity index (χ3v) is 6.87. The first kappa shape index (κ1) is 22.9. The number of aryl methyl sites for hydroxylation is 1. The summed E-state index contributed by atoms with van der Waals surface area (Å²) in [6, 6.07) is 15.7. The van der Waals surface area contributed by atoms with Gasteiger partial charge >= 0.3 is 0 Å². The van der Waals surface area contributed by atoms with Gasteiger partial charge in [-0.05, 0) is 67.5 Å². The zero-order chi connectivity index (χ0) is 24.2. The Morgan fingerprint density at radius 2 is 2.00 bits per heavy atom. The Morgan fingerprint density at radius 1 is 1.20 bits per heavy atom. The van der Waals surface area contributed by atoms with Gasteiger partial charge in [0.1, 0.15) is 0 Å². The van der Waals surface area contributed by atoms with Gasteiger partial charge in [-0.25, -0.2) is 4.99 Å². The minimum atomic E-state index is 0.0310. The molecule has 0 saturated carbocycles. The number of piperidine rings is 1. The predicted molar refractivity (Wildman–Crippen MR) is 133 cm³/mol. The number of hydrogen-bond donors (Lipinski definition) is 1. The van der Waals surface area contributed by atoms with Crippen molar-refractivity contribution < 1.29 is 9.53 Å². The zero-order valence-corrected chi connectivity index (χ0v) is 19.8. The average molecular weight is 469 g/mol. The van der Waals surface area contributed by atoms with Crippen molar-refractivity contribution in [1.82, 2.24) is 20.1 Å². The van der Waals surface area contributed by atoms with E-state index in [9.17, 15) is 4.79 Å². The second-order valence-electron chi connectivity index (χ2n) is 9.22.